The molecule has 0 saturated heterocycles. The van der Waals surface area contributed by atoms with Crippen LogP contribution in [0.4, 0.5) is 0 Å². The summed E-state index contributed by atoms with van der Waals surface area (Å²) in [4.78, 5) is 25.9. The van der Waals surface area contributed by atoms with Crippen molar-refractivity contribution in [3.8, 4) is 0 Å². The van der Waals surface area contributed by atoms with E-state index >= 15 is 0 Å². The van der Waals surface area contributed by atoms with Gasteiger partial charge in [-0.3, -0.25) is 4.79 Å². The Morgan fingerprint density at radius 3 is 2.36 bits per heavy atom. The SMILES string of the molecule is CCCN(Cc1ccsc1)C(=O)c1ccc(C(=O)OC)cc1. The van der Waals surface area contributed by atoms with Crippen LogP contribution >= 0.6 is 11.3 Å². The number of rotatable bonds is 6. The van der Waals surface area contributed by atoms with Crippen LogP contribution in [0.3, 0.4) is 0 Å². The van der Waals surface area contributed by atoms with Crippen molar-refractivity contribution in [3.63, 3.8) is 0 Å². The maximum absolute atomic E-state index is 12.6. The lowest BCUT2D eigenvalue weighted by molar-refractivity contribution is 0.0599. The first-order valence-corrected chi connectivity index (χ1v) is 8.08. The van der Waals surface area contributed by atoms with E-state index in [4.69, 9.17) is 0 Å². The van der Waals surface area contributed by atoms with E-state index < -0.39 is 5.97 Å². The Morgan fingerprint density at radius 2 is 1.82 bits per heavy atom. The highest BCUT2D eigenvalue weighted by Gasteiger charge is 2.16. The summed E-state index contributed by atoms with van der Waals surface area (Å²) in [7, 11) is 1.34. The summed E-state index contributed by atoms with van der Waals surface area (Å²) >= 11 is 1.63. The van der Waals surface area contributed by atoms with E-state index in [2.05, 4.69) is 10.1 Å². The number of nitrogens with zero attached hydrogens (tertiary/aromatic N) is 1. The van der Waals surface area contributed by atoms with E-state index in [9.17, 15) is 9.59 Å². The highest BCUT2D eigenvalue weighted by Crippen LogP contribution is 2.14. The minimum atomic E-state index is -0.400. The number of methoxy groups -OCH3 is 1. The van der Waals surface area contributed by atoms with Crippen molar-refractivity contribution < 1.29 is 14.3 Å². The van der Waals surface area contributed by atoms with Crippen molar-refractivity contribution in [2.45, 2.75) is 19.9 Å². The Labute approximate surface area is 134 Å². The van der Waals surface area contributed by atoms with Gasteiger partial charge in [0.25, 0.3) is 5.91 Å². The first-order chi connectivity index (χ1) is 10.7. The molecule has 5 heteroatoms. The smallest absolute Gasteiger partial charge is 0.337 e. The first-order valence-electron chi connectivity index (χ1n) is 7.14. The van der Waals surface area contributed by atoms with Gasteiger partial charge in [0.15, 0.2) is 0 Å². The lowest BCUT2D eigenvalue weighted by atomic mass is 10.1. The molecule has 1 amide bonds. The summed E-state index contributed by atoms with van der Waals surface area (Å²) in [5.41, 5.74) is 2.16. The molecule has 0 spiro atoms. The third-order valence-corrected chi connectivity index (χ3v) is 4.02. The minimum absolute atomic E-state index is 0.0236. The molecule has 1 aromatic carbocycles. The molecule has 0 fully saturated rings. The average Bonchev–Trinajstić information content (AvgIpc) is 3.06. The van der Waals surface area contributed by atoms with Gasteiger partial charge in [-0.2, -0.15) is 11.3 Å². The third kappa shape index (κ3) is 3.95. The topological polar surface area (TPSA) is 46.6 Å². The van der Waals surface area contributed by atoms with Crippen LogP contribution in [0.25, 0.3) is 0 Å². The van der Waals surface area contributed by atoms with Gasteiger partial charge in [-0.05, 0) is 53.1 Å². The third-order valence-electron chi connectivity index (χ3n) is 3.29. The second-order valence-corrected chi connectivity index (χ2v) is 5.71. The van der Waals surface area contributed by atoms with Crippen molar-refractivity contribution in [1.82, 2.24) is 4.90 Å². The summed E-state index contributed by atoms with van der Waals surface area (Å²) < 4.78 is 4.66. The molecule has 0 N–H and O–H groups in total. The van der Waals surface area contributed by atoms with E-state index in [0.717, 1.165) is 12.0 Å². The molecule has 22 heavy (non-hydrogen) atoms. The molecule has 0 aliphatic heterocycles. The van der Waals surface area contributed by atoms with E-state index in [1.807, 2.05) is 23.3 Å². The number of esters is 1. The minimum Gasteiger partial charge on any atom is -0.465 e. The molecule has 2 rings (SSSR count). The maximum atomic E-state index is 12.6. The van der Waals surface area contributed by atoms with Crippen LogP contribution in [-0.4, -0.2) is 30.4 Å². The monoisotopic (exact) mass is 317 g/mol. The van der Waals surface area contributed by atoms with E-state index in [1.54, 1.807) is 35.6 Å². The number of thiophene rings is 1. The van der Waals surface area contributed by atoms with Gasteiger partial charge < -0.3 is 9.64 Å². The molecule has 0 aliphatic carbocycles. The number of hydrogen-bond acceptors (Lipinski definition) is 4. The average molecular weight is 317 g/mol. The van der Waals surface area contributed by atoms with Crippen molar-refractivity contribution in [1.29, 1.82) is 0 Å². The number of hydrogen-bond donors (Lipinski definition) is 0. The van der Waals surface area contributed by atoms with E-state index in [0.29, 0.717) is 24.2 Å². The molecule has 0 bridgehead atoms. The van der Waals surface area contributed by atoms with Crippen LogP contribution in [0.15, 0.2) is 41.1 Å². The zero-order chi connectivity index (χ0) is 15.9. The van der Waals surface area contributed by atoms with Crippen LogP contribution in [0.5, 0.6) is 0 Å². The van der Waals surface area contributed by atoms with Gasteiger partial charge in [-0.1, -0.05) is 6.92 Å². The summed E-state index contributed by atoms with van der Waals surface area (Å²) in [5.74, 6) is -0.424. The van der Waals surface area contributed by atoms with Gasteiger partial charge >= 0.3 is 5.97 Å². The Kier molecular flexibility index (Phi) is 5.72. The van der Waals surface area contributed by atoms with Crippen LogP contribution in [0.1, 0.15) is 39.6 Å². The number of carbonyl (C=O) groups is 2. The van der Waals surface area contributed by atoms with Gasteiger partial charge in [0.2, 0.25) is 0 Å². The number of benzene rings is 1. The molecule has 0 atom stereocenters. The molecule has 1 aromatic heterocycles. The molecule has 0 unspecified atom stereocenters. The van der Waals surface area contributed by atoms with Crippen LogP contribution in [0.2, 0.25) is 0 Å². The molecule has 2 aromatic rings. The Bertz CT molecular complexity index is 620. The molecule has 0 aliphatic rings. The highest BCUT2D eigenvalue weighted by atomic mass is 32.1. The lowest BCUT2D eigenvalue weighted by Gasteiger charge is -2.22. The Balaban J connectivity index is 2.14. The zero-order valence-electron chi connectivity index (χ0n) is 12.7. The second kappa shape index (κ2) is 7.75. The van der Waals surface area contributed by atoms with Crippen molar-refractivity contribution >= 4 is 23.2 Å². The summed E-state index contributed by atoms with van der Waals surface area (Å²) in [6.07, 6.45) is 0.899. The fourth-order valence-electron chi connectivity index (χ4n) is 2.17. The second-order valence-electron chi connectivity index (χ2n) is 4.93. The molecule has 4 nitrogen and oxygen atoms in total. The van der Waals surface area contributed by atoms with Gasteiger partial charge in [-0.25, -0.2) is 4.79 Å². The van der Waals surface area contributed by atoms with E-state index in [-0.39, 0.29) is 5.91 Å². The zero-order valence-corrected chi connectivity index (χ0v) is 13.6. The predicted molar refractivity (Wildman–Crippen MR) is 87.1 cm³/mol. The van der Waals surface area contributed by atoms with Crippen LogP contribution < -0.4 is 0 Å². The van der Waals surface area contributed by atoms with Crippen molar-refractivity contribution in [2.24, 2.45) is 0 Å². The standard InChI is InChI=1S/C17H19NO3S/c1-3-9-18(11-13-8-10-22-12-13)16(19)14-4-6-15(7-5-14)17(20)21-2/h4-8,10,12H,3,9,11H2,1-2H3. The summed E-state index contributed by atoms with van der Waals surface area (Å²) in [6, 6.07) is 8.61. The summed E-state index contributed by atoms with van der Waals surface area (Å²) in [6.45, 7) is 3.36. The van der Waals surface area contributed by atoms with Crippen LogP contribution in [-0.2, 0) is 11.3 Å². The maximum Gasteiger partial charge on any atom is 0.337 e. The van der Waals surface area contributed by atoms with Gasteiger partial charge in [0, 0.05) is 18.7 Å². The molecule has 0 radical (unpaired) electrons. The largest absolute Gasteiger partial charge is 0.465 e. The quantitative estimate of drug-likeness (QED) is 0.765. The molecule has 116 valence electrons. The molecular formula is C17H19NO3S. The summed E-state index contributed by atoms with van der Waals surface area (Å²) in [5, 5.41) is 4.06. The van der Waals surface area contributed by atoms with Crippen LogP contribution in [0, 0.1) is 0 Å². The first kappa shape index (κ1) is 16.2. The predicted octanol–water partition coefficient (Wildman–Crippen LogP) is 3.59. The van der Waals surface area contributed by atoms with Gasteiger partial charge in [0.1, 0.15) is 0 Å². The van der Waals surface area contributed by atoms with Gasteiger partial charge in [-0.15, -0.1) is 0 Å². The Morgan fingerprint density at radius 1 is 1.14 bits per heavy atom. The number of carbonyl (C=O) groups excluding carboxylic acids is 2. The fourth-order valence-corrected chi connectivity index (χ4v) is 2.83. The van der Waals surface area contributed by atoms with E-state index in [1.165, 1.54) is 7.11 Å². The molecule has 1 heterocycles. The number of amides is 1. The highest BCUT2D eigenvalue weighted by molar-refractivity contribution is 7.07. The van der Waals surface area contributed by atoms with Gasteiger partial charge in [0.05, 0.1) is 12.7 Å². The fraction of sp³-hybridized carbons (Fsp3) is 0.294. The molecular weight excluding hydrogens is 298 g/mol. The van der Waals surface area contributed by atoms with Crippen molar-refractivity contribution in [2.75, 3.05) is 13.7 Å². The molecule has 0 saturated carbocycles. The normalized spacial score (nSPS) is 10.3. The Hall–Kier alpha value is -2.14. The number of ether oxygens (including phenoxy) is 1. The lowest BCUT2D eigenvalue weighted by Crippen LogP contribution is -2.31. The van der Waals surface area contributed by atoms with Crippen molar-refractivity contribution in [3.05, 3.63) is 57.8 Å².